The molecule has 0 saturated carbocycles. The van der Waals surface area contributed by atoms with E-state index in [9.17, 15) is 4.79 Å². The minimum Gasteiger partial charge on any atom is -0.350 e. The highest BCUT2D eigenvalue weighted by Crippen LogP contribution is 2.24. The van der Waals surface area contributed by atoms with Crippen LogP contribution in [0.5, 0.6) is 0 Å². The van der Waals surface area contributed by atoms with Crippen LogP contribution in [0.15, 0.2) is 42.5 Å². The number of carbonyl (C=O) groups is 1. The van der Waals surface area contributed by atoms with Gasteiger partial charge in [-0.15, -0.1) is 12.4 Å². The van der Waals surface area contributed by atoms with E-state index >= 15 is 0 Å². The quantitative estimate of drug-likeness (QED) is 0.887. The maximum absolute atomic E-state index is 11.9. The average molecular weight is 307 g/mol. The minimum absolute atomic E-state index is 0. The summed E-state index contributed by atoms with van der Waals surface area (Å²) in [4.78, 5) is 11.9. The van der Waals surface area contributed by atoms with Gasteiger partial charge in [0.1, 0.15) is 0 Å². The highest BCUT2D eigenvalue weighted by atomic mass is 35.5. The first-order chi connectivity index (χ1) is 9.58. The molecule has 21 heavy (non-hydrogen) atoms. The number of nitrogens with two attached hydrogens (primary N) is 1. The van der Waals surface area contributed by atoms with Gasteiger partial charge in [0.25, 0.3) is 0 Å². The van der Waals surface area contributed by atoms with Crippen LogP contribution in [0.25, 0.3) is 10.8 Å². The van der Waals surface area contributed by atoms with Crippen molar-refractivity contribution >= 4 is 29.1 Å². The number of benzene rings is 2. The van der Waals surface area contributed by atoms with Gasteiger partial charge in [-0.25, -0.2) is 0 Å². The third-order valence-corrected chi connectivity index (χ3v) is 3.49. The normalized spacial score (nSPS) is 13.3. The van der Waals surface area contributed by atoms with Gasteiger partial charge in [-0.1, -0.05) is 42.5 Å². The molecule has 0 saturated heterocycles. The molecule has 1 amide bonds. The van der Waals surface area contributed by atoms with Crippen LogP contribution in [-0.4, -0.2) is 11.9 Å². The Balaban J connectivity index is 0.00000220. The Hall–Kier alpha value is -1.58. The average Bonchev–Trinajstić information content (AvgIpc) is 2.44. The van der Waals surface area contributed by atoms with Crippen molar-refractivity contribution < 1.29 is 4.79 Å². The van der Waals surface area contributed by atoms with Crippen LogP contribution in [0, 0.1) is 0 Å². The van der Waals surface area contributed by atoms with Gasteiger partial charge >= 0.3 is 0 Å². The SMILES string of the molecule is CC(N)CCC(=O)NC(C)c1cccc2ccccc12.Cl. The van der Waals surface area contributed by atoms with Gasteiger partial charge in [0.15, 0.2) is 0 Å². The summed E-state index contributed by atoms with van der Waals surface area (Å²) in [7, 11) is 0. The fraction of sp³-hybridized carbons (Fsp3) is 0.353. The topological polar surface area (TPSA) is 55.1 Å². The van der Waals surface area contributed by atoms with E-state index < -0.39 is 0 Å². The van der Waals surface area contributed by atoms with Crippen molar-refractivity contribution in [2.24, 2.45) is 5.73 Å². The van der Waals surface area contributed by atoms with Gasteiger partial charge in [0, 0.05) is 12.5 Å². The first kappa shape index (κ1) is 17.5. The van der Waals surface area contributed by atoms with Crippen LogP contribution in [0.4, 0.5) is 0 Å². The van der Waals surface area contributed by atoms with E-state index in [4.69, 9.17) is 5.73 Å². The molecule has 0 aliphatic heterocycles. The summed E-state index contributed by atoms with van der Waals surface area (Å²) in [6.45, 7) is 3.94. The van der Waals surface area contributed by atoms with E-state index in [1.165, 1.54) is 10.8 Å². The Morgan fingerprint density at radius 1 is 1.14 bits per heavy atom. The fourth-order valence-corrected chi connectivity index (χ4v) is 2.38. The Bertz CT molecular complexity index is 593. The first-order valence-electron chi connectivity index (χ1n) is 7.10. The zero-order valence-electron chi connectivity index (χ0n) is 12.5. The second kappa shape index (κ2) is 8.01. The van der Waals surface area contributed by atoms with Gasteiger partial charge in [0.05, 0.1) is 6.04 Å². The van der Waals surface area contributed by atoms with Crippen molar-refractivity contribution in [2.45, 2.75) is 38.8 Å². The number of nitrogens with one attached hydrogen (secondary N) is 1. The zero-order chi connectivity index (χ0) is 14.5. The molecule has 3 nitrogen and oxygen atoms in total. The third kappa shape index (κ3) is 4.73. The van der Waals surface area contributed by atoms with E-state index in [0.717, 1.165) is 5.56 Å². The molecule has 0 aliphatic rings. The molecule has 2 rings (SSSR count). The van der Waals surface area contributed by atoms with Gasteiger partial charge < -0.3 is 11.1 Å². The van der Waals surface area contributed by atoms with Crippen LogP contribution >= 0.6 is 12.4 Å². The molecule has 2 unspecified atom stereocenters. The molecule has 2 aromatic carbocycles. The maximum Gasteiger partial charge on any atom is 0.220 e. The Morgan fingerprint density at radius 3 is 2.52 bits per heavy atom. The van der Waals surface area contributed by atoms with Crippen LogP contribution in [0.2, 0.25) is 0 Å². The van der Waals surface area contributed by atoms with Crippen LogP contribution < -0.4 is 11.1 Å². The van der Waals surface area contributed by atoms with Crippen LogP contribution in [0.3, 0.4) is 0 Å². The highest BCUT2D eigenvalue weighted by Gasteiger charge is 2.12. The largest absolute Gasteiger partial charge is 0.350 e. The van der Waals surface area contributed by atoms with Crippen molar-refractivity contribution in [1.29, 1.82) is 0 Å². The number of halogens is 1. The number of hydrogen-bond acceptors (Lipinski definition) is 2. The molecule has 0 aliphatic carbocycles. The summed E-state index contributed by atoms with van der Waals surface area (Å²) in [6, 6.07) is 14.5. The molecule has 0 fully saturated rings. The van der Waals surface area contributed by atoms with E-state index in [1.54, 1.807) is 0 Å². The third-order valence-electron chi connectivity index (χ3n) is 3.49. The molecule has 114 valence electrons. The number of amides is 1. The maximum atomic E-state index is 11.9. The molecule has 0 spiro atoms. The molecular weight excluding hydrogens is 284 g/mol. The van der Waals surface area contributed by atoms with E-state index in [1.807, 2.05) is 32.0 Å². The Labute approximate surface area is 132 Å². The Kier molecular flexibility index (Phi) is 6.66. The number of carbonyl (C=O) groups excluding carboxylic acids is 1. The zero-order valence-corrected chi connectivity index (χ0v) is 13.3. The van der Waals surface area contributed by atoms with Crippen molar-refractivity contribution in [3.8, 4) is 0 Å². The second-order valence-electron chi connectivity index (χ2n) is 5.37. The standard InChI is InChI=1S/C17H22N2O.ClH/c1-12(18)10-11-17(20)19-13(2)15-9-5-7-14-6-3-4-8-16(14)15;/h3-9,12-13H,10-11,18H2,1-2H3,(H,19,20);1H. The van der Waals surface area contributed by atoms with Crippen molar-refractivity contribution in [2.75, 3.05) is 0 Å². The molecule has 3 N–H and O–H groups in total. The fourth-order valence-electron chi connectivity index (χ4n) is 2.38. The van der Waals surface area contributed by atoms with E-state index in [-0.39, 0.29) is 30.4 Å². The lowest BCUT2D eigenvalue weighted by molar-refractivity contribution is -0.121. The van der Waals surface area contributed by atoms with Gasteiger partial charge in [0.2, 0.25) is 5.91 Å². The lowest BCUT2D eigenvalue weighted by atomic mass is 9.99. The highest BCUT2D eigenvalue weighted by molar-refractivity contribution is 5.87. The molecule has 2 aromatic rings. The summed E-state index contributed by atoms with van der Waals surface area (Å²) in [6.07, 6.45) is 1.20. The molecule has 2 atom stereocenters. The monoisotopic (exact) mass is 306 g/mol. The summed E-state index contributed by atoms with van der Waals surface area (Å²) in [5, 5.41) is 5.43. The van der Waals surface area contributed by atoms with Gasteiger partial charge in [-0.2, -0.15) is 0 Å². The van der Waals surface area contributed by atoms with Crippen LogP contribution in [0.1, 0.15) is 38.3 Å². The molecule has 0 bridgehead atoms. The molecule has 0 heterocycles. The molecular formula is C17H23ClN2O. The van der Waals surface area contributed by atoms with Gasteiger partial charge in [-0.3, -0.25) is 4.79 Å². The van der Waals surface area contributed by atoms with Crippen molar-refractivity contribution in [3.05, 3.63) is 48.0 Å². The summed E-state index contributed by atoms with van der Waals surface area (Å²) >= 11 is 0. The summed E-state index contributed by atoms with van der Waals surface area (Å²) < 4.78 is 0. The number of rotatable bonds is 5. The predicted octanol–water partition coefficient (Wildman–Crippen LogP) is 3.57. The summed E-state index contributed by atoms with van der Waals surface area (Å²) in [5.74, 6) is 0.0581. The Morgan fingerprint density at radius 2 is 1.81 bits per heavy atom. The van der Waals surface area contributed by atoms with Crippen molar-refractivity contribution in [1.82, 2.24) is 5.32 Å². The first-order valence-corrected chi connectivity index (χ1v) is 7.10. The lowest BCUT2D eigenvalue weighted by Crippen LogP contribution is -2.28. The lowest BCUT2D eigenvalue weighted by Gasteiger charge is -2.17. The molecule has 4 heteroatoms. The predicted molar refractivity (Wildman–Crippen MR) is 90.6 cm³/mol. The molecule has 0 aromatic heterocycles. The number of fused-ring (bicyclic) bond motifs is 1. The van der Waals surface area contributed by atoms with Gasteiger partial charge in [-0.05, 0) is 36.6 Å². The van der Waals surface area contributed by atoms with E-state index in [2.05, 4.69) is 29.6 Å². The molecule has 0 radical (unpaired) electrons. The second-order valence-corrected chi connectivity index (χ2v) is 5.37. The smallest absolute Gasteiger partial charge is 0.220 e. The minimum atomic E-state index is 0. The van der Waals surface area contributed by atoms with Crippen molar-refractivity contribution in [3.63, 3.8) is 0 Å². The van der Waals surface area contributed by atoms with E-state index in [0.29, 0.717) is 12.8 Å². The number of hydrogen-bond donors (Lipinski definition) is 2. The summed E-state index contributed by atoms with van der Waals surface area (Å²) in [5.41, 5.74) is 6.83. The van der Waals surface area contributed by atoms with Crippen LogP contribution in [-0.2, 0) is 4.79 Å².